The SMILES string of the molecule is CC(=O)OCC1OC(n2ncc3c(=O)[nH]cnc32)C(OC(C)=O)C1OC(C)=O. The molecule has 12 nitrogen and oxygen atoms in total. The Hall–Kier alpha value is -3.28. The summed E-state index contributed by atoms with van der Waals surface area (Å²) in [6.45, 7) is 3.35. The van der Waals surface area contributed by atoms with Crippen LogP contribution < -0.4 is 5.56 Å². The second-order valence-electron chi connectivity index (χ2n) is 6.07. The molecule has 1 fully saturated rings. The zero-order chi connectivity index (χ0) is 20.4. The fourth-order valence-electron chi connectivity index (χ4n) is 2.95. The van der Waals surface area contributed by atoms with Crippen molar-refractivity contribution < 1.29 is 33.3 Å². The third-order valence-corrected chi connectivity index (χ3v) is 3.98. The highest BCUT2D eigenvalue weighted by atomic mass is 16.7. The number of hydrogen-bond acceptors (Lipinski definition) is 10. The van der Waals surface area contributed by atoms with E-state index in [1.54, 1.807) is 0 Å². The topological polar surface area (TPSA) is 152 Å². The van der Waals surface area contributed by atoms with Crippen molar-refractivity contribution in [2.45, 2.75) is 45.3 Å². The second-order valence-corrected chi connectivity index (χ2v) is 6.07. The minimum Gasteiger partial charge on any atom is -0.463 e. The van der Waals surface area contributed by atoms with Crippen LogP contribution in [0.1, 0.15) is 27.0 Å². The molecule has 0 saturated carbocycles. The van der Waals surface area contributed by atoms with Gasteiger partial charge in [-0.1, -0.05) is 0 Å². The summed E-state index contributed by atoms with van der Waals surface area (Å²) in [4.78, 5) is 52.8. The van der Waals surface area contributed by atoms with Gasteiger partial charge in [0.2, 0.25) is 0 Å². The van der Waals surface area contributed by atoms with Crippen molar-refractivity contribution in [3.05, 3.63) is 22.9 Å². The first-order chi connectivity index (χ1) is 13.3. The van der Waals surface area contributed by atoms with Crippen LogP contribution in [0.4, 0.5) is 0 Å². The summed E-state index contributed by atoms with van der Waals surface area (Å²) >= 11 is 0. The number of hydrogen-bond donors (Lipinski definition) is 1. The lowest BCUT2D eigenvalue weighted by molar-refractivity contribution is -0.166. The number of rotatable bonds is 5. The molecule has 2 aromatic heterocycles. The number of nitrogens with one attached hydrogen (secondary N) is 1. The van der Waals surface area contributed by atoms with Crippen molar-refractivity contribution in [1.82, 2.24) is 19.7 Å². The van der Waals surface area contributed by atoms with Gasteiger partial charge in [0.1, 0.15) is 18.1 Å². The standard InChI is InChI=1S/C16H18N4O8/c1-7(21)25-5-11-12(26-8(2)22)13(27-9(3)23)16(28-11)20-14-10(4-19-20)15(24)18-6-17-14/h4,6,11-13,16H,5H2,1-3H3,(H,17,18,24). The molecule has 1 N–H and O–H groups in total. The molecule has 3 rings (SSSR count). The summed E-state index contributed by atoms with van der Waals surface area (Å²) < 4.78 is 22.7. The predicted octanol–water partition coefficient (Wildman–Crippen LogP) is -0.556. The average Bonchev–Trinajstić information content (AvgIpc) is 3.16. The minimum absolute atomic E-state index is 0.181. The van der Waals surface area contributed by atoms with Gasteiger partial charge in [-0.2, -0.15) is 5.10 Å². The zero-order valence-electron chi connectivity index (χ0n) is 15.3. The lowest BCUT2D eigenvalue weighted by atomic mass is 10.1. The molecule has 4 atom stereocenters. The minimum atomic E-state index is -1.11. The van der Waals surface area contributed by atoms with Crippen molar-refractivity contribution in [3.63, 3.8) is 0 Å². The first-order valence-corrected chi connectivity index (χ1v) is 8.32. The van der Waals surface area contributed by atoms with Gasteiger partial charge < -0.3 is 23.9 Å². The Labute approximate surface area is 157 Å². The third kappa shape index (κ3) is 3.86. The summed E-state index contributed by atoms with van der Waals surface area (Å²) in [5, 5.41) is 4.30. The van der Waals surface area contributed by atoms with Gasteiger partial charge >= 0.3 is 17.9 Å². The average molecular weight is 394 g/mol. The molecule has 0 bridgehead atoms. The van der Waals surface area contributed by atoms with E-state index >= 15 is 0 Å². The molecule has 150 valence electrons. The Balaban J connectivity index is 2.02. The highest BCUT2D eigenvalue weighted by Crippen LogP contribution is 2.35. The van der Waals surface area contributed by atoms with E-state index in [0.29, 0.717) is 0 Å². The van der Waals surface area contributed by atoms with E-state index in [2.05, 4.69) is 15.1 Å². The van der Waals surface area contributed by atoms with Gasteiger partial charge in [-0.3, -0.25) is 19.2 Å². The van der Waals surface area contributed by atoms with Crippen LogP contribution in [-0.4, -0.2) is 62.6 Å². The molecule has 0 aliphatic carbocycles. The number of carbonyl (C=O) groups excluding carboxylic acids is 3. The van der Waals surface area contributed by atoms with E-state index in [1.165, 1.54) is 38.0 Å². The molecule has 3 heterocycles. The van der Waals surface area contributed by atoms with Crippen LogP contribution in [0.5, 0.6) is 0 Å². The maximum atomic E-state index is 11.9. The zero-order valence-corrected chi connectivity index (χ0v) is 15.3. The normalized spacial score (nSPS) is 24.1. The van der Waals surface area contributed by atoms with Crippen LogP contribution in [0.2, 0.25) is 0 Å². The van der Waals surface area contributed by atoms with Gasteiger partial charge in [-0.15, -0.1) is 0 Å². The third-order valence-electron chi connectivity index (χ3n) is 3.98. The molecule has 0 aromatic carbocycles. The van der Waals surface area contributed by atoms with Crippen LogP contribution in [0.3, 0.4) is 0 Å². The van der Waals surface area contributed by atoms with E-state index in [4.69, 9.17) is 18.9 Å². The summed E-state index contributed by atoms with van der Waals surface area (Å²) in [5.41, 5.74) is -0.230. The Kier molecular flexibility index (Phi) is 5.40. The first-order valence-electron chi connectivity index (χ1n) is 8.32. The number of H-pyrrole nitrogens is 1. The van der Waals surface area contributed by atoms with Crippen LogP contribution in [0, 0.1) is 0 Å². The largest absolute Gasteiger partial charge is 0.463 e. The summed E-state index contributed by atoms with van der Waals surface area (Å²) in [6, 6.07) is 0. The molecule has 4 unspecified atom stereocenters. The van der Waals surface area contributed by atoms with Gasteiger partial charge in [0.25, 0.3) is 5.56 Å². The van der Waals surface area contributed by atoms with Gasteiger partial charge in [0.05, 0.1) is 12.5 Å². The Morgan fingerprint density at radius 1 is 1.14 bits per heavy atom. The summed E-state index contributed by atoms with van der Waals surface area (Å²) in [5.74, 6) is -1.85. The van der Waals surface area contributed by atoms with Crippen LogP contribution in [0.15, 0.2) is 17.3 Å². The number of aromatic amines is 1. The number of ether oxygens (including phenoxy) is 4. The van der Waals surface area contributed by atoms with Crippen LogP contribution >= 0.6 is 0 Å². The molecule has 28 heavy (non-hydrogen) atoms. The van der Waals surface area contributed by atoms with Gasteiger partial charge in [-0.25, -0.2) is 9.67 Å². The number of nitrogens with zero attached hydrogens (tertiary/aromatic N) is 3. The number of esters is 3. The van der Waals surface area contributed by atoms with Crippen molar-refractivity contribution in [2.75, 3.05) is 6.61 Å². The van der Waals surface area contributed by atoms with E-state index in [0.717, 1.165) is 0 Å². The molecular formula is C16H18N4O8. The molecule has 1 aliphatic rings. The lowest BCUT2D eigenvalue weighted by Gasteiger charge is -2.23. The lowest BCUT2D eigenvalue weighted by Crippen LogP contribution is -2.40. The Morgan fingerprint density at radius 3 is 2.46 bits per heavy atom. The van der Waals surface area contributed by atoms with Crippen molar-refractivity contribution >= 4 is 28.9 Å². The van der Waals surface area contributed by atoms with Crippen LogP contribution in [0.25, 0.3) is 11.0 Å². The van der Waals surface area contributed by atoms with Crippen molar-refractivity contribution in [3.8, 4) is 0 Å². The predicted molar refractivity (Wildman–Crippen MR) is 89.8 cm³/mol. The molecule has 12 heteroatoms. The highest BCUT2D eigenvalue weighted by molar-refractivity contribution is 5.73. The molecule has 0 radical (unpaired) electrons. The Morgan fingerprint density at radius 2 is 1.82 bits per heavy atom. The van der Waals surface area contributed by atoms with Crippen molar-refractivity contribution in [2.24, 2.45) is 0 Å². The van der Waals surface area contributed by atoms with E-state index in [9.17, 15) is 19.2 Å². The van der Waals surface area contributed by atoms with E-state index in [1.807, 2.05) is 0 Å². The second kappa shape index (κ2) is 7.76. The molecule has 0 amide bonds. The fourth-order valence-corrected chi connectivity index (χ4v) is 2.95. The molecular weight excluding hydrogens is 376 g/mol. The molecule has 1 aliphatic heterocycles. The maximum Gasteiger partial charge on any atom is 0.303 e. The summed E-state index contributed by atoms with van der Waals surface area (Å²) in [7, 11) is 0. The van der Waals surface area contributed by atoms with E-state index < -0.39 is 48.0 Å². The molecule has 2 aromatic rings. The molecule has 0 spiro atoms. The number of carbonyl (C=O) groups is 3. The van der Waals surface area contributed by atoms with Crippen LogP contribution in [-0.2, 0) is 33.3 Å². The smallest absolute Gasteiger partial charge is 0.303 e. The fraction of sp³-hybridized carbons (Fsp3) is 0.500. The number of fused-ring (bicyclic) bond motifs is 1. The quantitative estimate of drug-likeness (QED) is 0.516. The van der Waals surface area contributed by atoms with Crippen molar-refractivity contribution in [1.29, 1.82) is 0 Å². The van der Waals surface area contributed by atoms with Gasteiger partial charge in [0.15, 0.2) is 24.1 Å². The number of aromatic nitrogens is 4. The Bertz CT molecular complexity index is 967. The highest BCUT2D eigenvalue weighted by Gasteiger charge is 2.51. The van der Waals surface area contributed by atoms with Gasteiger partial charge in [0, 0.05) is 20.8 Å². The first kappa shape index (κ1) is 19.5. The maximum absolute atomic E-state index is 11.9. The monoisotopic (exact) mass is 394 g/mol. The molecule has 1 saturated heterocycles. The summed E-state index contributed by atoms with van der Waals surface area (Å²) in [6.07, 6.45) is -1.68. The van der Waals surface area contributed by atoms with Gasteiger partial charge in [-0.05, 0) is 0 Å². The van der Waals surface area contributed by atoms with E-state index in [-0.39, 0.29) is 17.6 Å².